The second-order valence-electron chi connectivity index (χ2n) is 7.39. The lowest BCUT2D eigenvalue weighted by atomic mass is 10.0. The molecule has 0 saturated carbocycles. The number of fused-ring (bicyclic) bond motifs is 4. The second kappa shape index (κ2) is 6.93. The summed E-state index contributed by atoms with van der Waals surface area (Å²) in [6.07, 6.45) is 3.42. The lowest BCUT2D eigenvalue weighted by molar-refractivity contribution is 0.103. The summed E-state index contributed by atoms with van der Waals surface area (Å²) >= 11 is 3.45. The van der Waals surface area contributed by atoms with Crippen LogP contribution in [-0.4, -0.2) is 15.3 Å². The van der Waals surface area contributed by atoms with Gasteiger partial charge in [0.05, 0.1) is 22.7 Å². The summed E-state index contributed by atoms with van der Waals surface area (Å²) in [6, 6.07) is 25.3. The molecule has 0 amide bonds. The van der Waals surface area contributed by atoms with E-state index >= 15 is 0 Å². The standard InChI is InChI=1S/C26H15BrN2O2/c27-18-5-3-4-16(14-18)25(30)17-8-9-20-19-6-1-2-7-22(19)29(23(20)15-17)26-21-11-13-31-24(21)10-12-28-26/h1-15H. The summed E-state index contributed by atoms with van der Waals surface area (Å²) < 4.78 is 8.59. The molecular formula is C26H15BrN2O2. The minimum Gasteiger partial charge on any atom is -0.464 e. The number of rotatable bonds is 3. The number of benzene rings is 3. The molecule has 3 heterocycles. The molecule has 0 unspecified atom stereocenters. The SMILES string of the molecule is O=C(c1cccc(Br)c1)c1ccc2c3ccccc3n(-c3nccc4occc34)c2c1. The van der Waals surface area contributed by atoms with Gasteiger partial charge in [0, 0.05) is 32.6 Å². The van der Waals surface area contributed by atoms with Crippen LogP contribution >= 0.6 is 15.9 Å². The monoisotopic (exact) mass is 466 g/mol. The molecule has 5 heteroatoms. The number of aromatic nitrogens is 2. The molecule has 0 bridgehead atoms. The van der Waals surface area contributed by atoms with Crippen molar-refractivity contribution in [3.8, 4) is 5.82 Å². The van der Waals surface area contributed by atoms with Gasteiger partial charge in [0.1, 0.15) is 11.4 Å². The van der Waals surface area contributed by atoms with Gasteiger partial charge in [0.2, 0.25) is 0 Å². The molecule has 0 aliphatic rings. The van der Waals surface area contributed by atoms with Gasteiger partial charge in [-0.2, -0.15) is 0 Å². The summed E-state index contributed by atoms with van der Waals surface area (Å²) in [7, 11) is 0. The Bertz CT molecular complexity index is 1630. The van der Waals surface area contributed by atoms with E-state index in [2.05, 4.69) is 37.6 Å². The predicted molar refractivity (Wildman–Crippen MR) is 126 cm³/mol. The highest BCUT2D eigenvalue weighted by molar-refractivity contribution is 9.10. The van der Waals surface area contributed by atoms with Crippen LogP contribution in [0.4, 0.5) is 0 Å². The summed E-state index contributed by atoms with van der Waals surface area (Å²) in [4.78, 5) is 17.9. The molecule has 6 rings (SSSR count). The summed E-state index contributed by atoms with van der Waals surface area (Å²) in [5, 5.41) is 3.11. The van der Waals surface area contributed by atoms with E-state index in [1.807, 2.05) is 66.7 Å². The van der Waals surface area contributed by atoms with Crippen molar-refractivity contribution in [3.05, 3.63) is 107 Å². The lowest BCUT2D eigenvalue weighted by Gasteiger charge is -2.09. The molecule has 0 N–H and O–H groups in total. The highest BCUT2D eigenvalue weighted by atomic mass is 79.9. The third kappa shape index (κ3) is 2.81. The number of pyridine rings is 1. The zero-order chi connectivity index (χ0) is 20.9. The van der Waals surface area contributed by atoms with Crippen molar-refractivity contribution < 1.29 is 9.21 Å². The van der Waals surface area contributed by atoms with Crippen molar-refractivity contribution in [3.63, 3.8) is 0 Å². The molecule has 31 heavy (non-hydrogen) atoms. The van der Waals surface area contributed by atoms with Crippen LogP contribution in [0.3, 0.4) is 0 Å². The van der Waals surface area contributed by atoms with Gasteiger partial charge in [0.15, 0.2) is 5.78 Å². The quantitative estimate of drug-likeness (QED) is 0.266. The van der Waals surface area contributed by atoms with Crippen LogP contribution in [-0.2, 0) is 0 Å². The molecule has 0 aliphatic heterocycles. The number of hydrogen-bond donors (Lipinski definition) is 0. The molecular weight excluding hydrogens is 452 g/mol. The van der Waals surface area contributed by atoms with Crippen molar-refractivity contribution in [2.75, 3.05) is 0 Å². The van der Waals surface area contributed by atoms with E-state index in [1.54, 1.807) is 12.5 Å². The van der Waals surface area contributed by atoms with E-state index < -0.39 is 0 Å². The van der Waals surface area contributed by atoms with Crippen LogP contribution in [0.15, 0.2) is 100 Å². The van der Waals surface area contributed by atoms with Gasteiger partial charge in [-0.05, 0) is 36.4 Å². The number of ketones is 1. The number of halogens is 1. The first-order valence-electron chi connectivity index (χ1n) is 9.87. The van der Waals surface area contributed by atoms with Gasteiger partial charge in [-0.3, -0.25) is 9.36 Å². The van der Waals surface area contributed by atoms with Gasteiger partial charge in [0.25, 0.3) is 0 Å². The number of carbonyl (C=O) groups excluding carboxylic acids is 1. The Balaban J connectivity index is 1.66. The Hall–Kier alpha value is -3.70. The molecule has 4 nitrogen and oxygen atoms in total. The van der Waals surface area contributed by atoms with Gasteiger partial charge in [-0.25, -0.2) is 4.98 Å². The van der Waals surface area contributed by atoms with Gasteiger partial charge in [-0.15, -0.1) is 0 Å². The van der Waals surface area contributed by atoms with Gasteiger partial charge in [-0.1, -0.05) is 58.4 Å². The zero-order valence-corrected chi connectivity index (χ0v) is 17.8. The predicted octanol–water partition coefficient (Wildman–Crippen LogP) is 6.92. The highest BCUT2D eigenvalue weighted by Gasteiger charge is 2.18. The second-order valence-corrected chi connectivity index (χ2v) is 8.31. The molecule has 0 radical (unpaired) electrons. The lowest BCUT2D eigenvalue weighted by Crippen LogP contribution is -2.02. The fraction of sp³-hybridized carbons (Fsp3) is 0. The number of hydrogen-bond acceptors (Lipinski definition) is 3. The summed E-state index contributed by atoms with van der Waals surface area (Å²) in [5.74, 6) is 0.763. The molecule has 0 saturated heterocycles. The van der Waals surface area contributed by atoms with Gasteiger partial charge >= 0.3 is 0 Å². The van der Waals surface area contributed by atoms with E-state index in [9.17, 15) is 4.79 Å². The molecule has 0 atom stereocenters. The van der Waals surface area contributed by atoms with Crippen LogP contribution in [0.2, 0.25) is 0 Å². The maximum Gasteiger partial charge on any atom is 0.193 e. The molecule has 0 fully saturated rings. The first-order valence-corrected chi connectivity index (χ1v) is 10.7. The van der Waals surface area contributed by atoms with E-state index in [0.717, 1.165) is 43.1 Å². The maximum atomic E-state index is 13.2. The minimum absolute atomic E-state index is 0.0190. The number of carbonyl (C=O) groups is 1. The van der Waals surface area contributed by atoms with Crippen LogP contribution in [0.25, 0.3) is 38.6 Å². The first kappa shape index (κ1) is 18.1. The van der Waals surface area contributed by atoms with E-state index in [4.69, 9.17) is 4.42 Å². The topological polar surface area (TPSA) is 48.0 Å². The van der Waals surface area contributed by atoms with E-state index in [0.29, 0.717) is 11.1 Å². The number of para-hydroxylation sites is 1. The third-order valence-corrected chi connectivity index (χ3v) is 6.09. The molecule has 0 aliphatic carbocycles. The Kier molecular flexibility index (Phi) is 4.04. The Labute approximate surface area is 185 Å². The number of furan rings is 1. The van der Waals surface area contributed by atoms with Crippen molar-refractivity contribution in [1.82, 2.24) is 9.55 Å². The Morgan fingerprint density at radius 3 is 2.55 bits per heavy atom. The zero-order valence-electron chi connectivity index (χ0n) is 16.2. The Morgan fingerprint density at radius 2 is 1.65 bits per heavy atom. The minimum atomic E-state index is -0.0190. The van der Waals surface area contributed by atoms with Crippen molar-refractivity contribution in [2.45, 2.75) is 0 Å². The highest BCUT2D eigenvalue weighted by Crippen LogP contribution is 2.34. The smallest absolute Gasteiger partial charge is 0.193 e. The summed E-state index contributed by atoms with van der Waals surface area (Å²) in [5.41, 5.74) is 4.02. The van der Waals surface area contributed by atoms with Crippen LogP contribution in [0.1, 0.15) is 15.9 Å². The molecule has 0 spiro atoms. The fourth-order valence-electron chi connectivity index (χ4n) is 4.19. The van der Waals surface area contributed by atoms with E-state index in [-0.39, 0.29) is 5.78 Å². The summed E-state index contributed by atoms with van der Waals surface area (Å²) in [6.45, 7) is 0. The van der Waals surface area contributed by atoms with Crippen LogP contribution < -0.4 is 0 Å². The molecule has 6 aromatic rings. The average Bonchev–Trinajstić information content (AvgIpc) is 3.41. The fourth-order valence-corrected chi connectivity index (χ4v) is 4.59. The Morgan fingerprint density at radius 1 is 0.806 bits per heavy atom. The molecule has 3 aromatic heterocycles. The first-order chi connectivity index (χ1) is 15.2. The molecule has 3 aromatic carbocycles. The van der Waals surface area contributed by atoms with Crippen molar-refractivity contribution in [2.24, 2.45) is 0 Å². The average molecular weight is 467 g/mol. The van der Waals surface area contributed by atoms with E-state index in [1.165, 1.54) is 0 Å². The normalized spacial score (nSPS) is 11.5. The van der Waals surface area contributed by atoms with Crippen LogP contribution in [0.5, 0.6) is 0 Å². The molecule has 148 valence electrons. The van der Waals surface area contributed by atoms with Gasteiger partial charge < -0.3 is 4.42 Å². The number of nitrogens with zero attached hydrogens (tertiary/aromatic N) is 2. The largest absolute Gasteiger partial charge is 0.464 e. The van der Waals surface area contributed by atoms with Crippen molar-refractivity contribution in [1.29, 1.82) is 0 Å². The maximum absolute atomic E-state index is 13.2. The van der Waals surface area contributed by atoms with Crippen molar-refractivity contribution >= 4 is 54.5 Å². The van der Waals surface area contributed by atoms with Crippen LogP contribution in [0, 0.1) is 0 Å². The third-order valence-electron chi connectivity index (χ3n) is 5.59.